The number of piperidine rings is 1. The smallest absolute Gasteiger partial charge is 0.252 e. The van der Waals surface area contributed by atoms with E-state index in [1.165, 1.54) is 25.0 Å². The van der Waals surface area contributed by atoms with Gasteiger partial charge in [0.25, 0.3) is 5.89 Å². The average Bonchev–Trinajstić information content (AvgIpc) is 2.99. The predicted molar refractivity (Wildman–Crippen MR) is 73.8 cm³/mol. The van der Waals surface area contributed by atoms with E-state index in [1.807, 2.05) is 0 Å². The highest BCUT2D eigenvalue weighted by atomic mass is 19.1. The number of benzene rings is 1. The first-order valence-corrected chi connectivity index (χ1v) is 7.19. The van der Waals surface area contributed by atoms with E-state index in [9.17, 15) is 4.39 Å². The van der Waals surface area contributed by atoms with Crippen molar-refractivity contribution in [2.75, 3.05) is 6.54 Å². The Kier molecular flexibility index (Phi) is 4.57. The maximum atomic E-state index is 12.8. The third-order valence-corrected chi connectivity index (χ3v) is 3.51. The van der Waals surface area contributed by atoms with Crippen molar-refractivity contribution in [1.82, 2.24) is 15.5 Å². The Morgan fingerprint density at radius 3 is 2.86 bits per heavy atom. The van der Waals surface area contributed by atoms with Gasteiger partial charge in [-0.2, -0.15) is 4.98 Å². The van der Waals surface area contributed by atoms with Gasteiger partial charge >= 0.3 is 0 Å². The van der Waals surface area contributed by atoms with Gasteiger partial charge in [0.05, 0.1) is 12.6 Å². The summed E-state index contributed by atoms with van der Waals surface area (Å²) < 4.78 is 23.5. The second-order valence-electron chi connectivity index (χ2n) is 5.17. The van der Waals surface area contributed by atoms with E-state index in [0.717, 1.165) is 18.5 Å². The molecule has 5 nitrogen and oxygen atoms in total. The molecule has 1 fully saturated rings. The highest BCUT2D eigenvalue weighted by Gasteiger charge is 2.20. The number of rotatable bonds is 5. The van der Waals surface area contributed by atoms with E-state index in [4.69, 9.17) is 9.26 Å². The fourth-order valence-electron chi connectivity index (χ4n) is 2.38. The minimum Gasteiger partial charge on any atom is -0.367 e. The van der Waals surface area contributed by atoms with Crippen molar-refractivity contribution in [3.63, 3.8) is 0 Å². The first-order chi connectivity index (χ1) is 10.3. The lowest BCUT2D eigenvalue weighted by Crippen LogP contribution is -2.27. The number of nitrogens with one attached hydrogen (secondary N) is 1. The molecule has 0 spiro atoms. The standard InChI is InChI=1S/C15H18FN3O2/c16-12-6-4-11(5-7-12)9-20-10-14-18-15(19-21-14)13-3-1-2-8-17-13/h4-7,13,17H,1-3,8-10H2/t13-/m1/s1. The number of hydrogen-bond donors (Lipinski definition) is 1. The fraction of sp³-hybridized carbons (Fsp3) is 0.467. The Bertz CT molecular complexity index is 565. The quantitative estimate of drug-likeness (QED) is 0.918. The molecular formula is C15H18FN3O2. The molecule has 0 amide bonds. The summed E-state index contributed by atoms with van der Waals surface area (Å²) in [6.07, 6.45) is 3.42. The monoisotopic (exact) mass is 291 g/mol. The van der Waals surface area contributed by atoms with Crippen molar-refractivity contribution in [2.45, 2.75) is 38.5 Å². The Hall–Kier alpha value is -1.79. The van der Waals surface area contributed by atoms with Crippen LogP contribution >= 0.6 is 0 Å². The molecule has 0 saturated carbocycles. The molecule has 0 bridgehead atoms. The Labute approximate surface area is 122 Å². The van der Waals surface area contributed by atoms with Crippen LogP contribution in [0.5, 0.6) is 0 Å². The predicted octanol–water partition coefficient (Wildman–Crippen LogP) is 2.74. The highest BCUT2D eigenvalue weighted by Crippen LogP contribution is 2.20. The van der Waals surface area contributed by atoms with Crippen LogP contribution in [0.1, 0.15) is 42.6 Å². The molecule has 0 aliphatic carbocycles. The van der Waals surface area contributed by atoms with Gasteiger partial charge in [0.1, 0.15) is 12.4 Å². The van der Waals surface area contributed by atoms with Gasteiger partial charge in [-0.3, -0.25) is 0 Å². The minimum absolute atomic E-state index is 0.188. The zero-order valence-electron chi connectivity index (χ0n) is 11.7. The molecule has 3 rings (SSSR count). The molecule has 1 aliphatic heterocycles. The molecule has 2 aromatic rings. The van der Waals surface area contributed by atoms with Crippen LogP contribution in [-0.2, 0) is 18.0 Å². The molecule has 1 aliphatic rings. The van der Waals surface area contributed by atoms with Crippen LogP contribution in [0, 0.1) is 5.82 Å². The summed E-state index contributed by atoms with van der Waals surface area (Å²) in [5.41, 5.74) is 0.907. The summed E-state index contributed by atoms with van der Waals surface area (Å²) in [5.74, 6) is 0.926. The lowest BCUT2D eigenvalue weighted by Gasteiger charge is -2.19. The van der Waals surface area contributed by atoms with Crippen molar-refractivity contribution < 1.29 is 13.7 Å². The zero-order valence-corrected chi connectivity index (χ0v) is 11.7. The topological polar surface area (TPSA) is 60.2 Å². The van der Waals surface area contributed by atoms with E-state index in [-0.39, 0.29) is 18.5 Å². The third kappa shape index (κ3) is 3.86. The van der Waals surface area contributed by atoms with E-state index < -0.39 is 0 Å². The molecule has 6 heteroatoms. The van der Waals surface area contributed by atoms with Crippen LogP contribution < -0.4 is 5.32 Å². The van der Waals surface area contributed by atoms with Crippen molar-refractivity contribution >= 4 is 0 Å². The molecule has 1 saturated heterocycles. The normalized spacial score (nSPS) is 18.8. The first kappa shape index (κ1) is 14.2. The van der Waals surface area contributed by atoms with Crippen LogP contribution in [0.25, 0.3) is 0 Å². The van der Waals surface area contributed by atoms with Gasteiger partial charge in [0.2, 0.25) is 0 Å². The summed E-state index contributed by atoms with van der Waals surface area (Å²) in [6.45, 7) is 1.65. The molecule has 21 heavy (non-hydrogen) atoms. The largest absolute Gasteiger partial charge is 0.367 e. The Morgan fingerprint density at radius 1 is 1.24 bits per heavy atom. The van der Waals surface area contributed by atoms with Gasteiger partial charge in [-0.15, -0.1) is 0 Å². The van der Waals surface area contributed by atoms with Crippen LogP contribution in [-0.4, -0.2) is 16.7 Å². The number of hydrogen-bond acceptors (Lipinski definition) is 5. The highest BCUT2D eigenvalue weighted by molar-refractivity contribution is 5.14. The first-order valence-electron chi connectivity index (χ1n) is 7.19. The summed E-state index contributed by atoms with van der Waals surface area (Å²) in [5, 5.41) is 7.37. The van der Waals surface area contributed by atoms with Crippen molar-refractivity contribution in [2.24, 2.45) is 0 Å². The van der Waals surface area contributed by atoms with E-state index in [2.05, 4.69) is 15.5 Å². The van der Waals surface area contributed by atoms with Gasteiger partial charge in [-0.05, 0) is 37.1 Å². The molecule has 0 unspecified atom stereocenters. The molecule has 0 radical (unpaired) electrons. The van der Waals surface area contributed by atoms with Gasteiger partial charge in [-0.25, -0.2) is 4.39 Å². The third-order valence-electron chi connectivity index (χ3n) is 3.51. The van der Waals surface area contributed by atoms with Crippen molar-refractivity contribution in [3.8, 4) is 0 Å². The summed E-state index contributed by atoms with van der Waals surface area (Å²) in [7, 11) is 0. The van der Waals surface area contributed by atoms with Crippen LogP contribution in [0.15, 0.2) is 28.8 Å². The molecule has 112 valence electrons. The SMILES string of the molecule is Fc1ccc(COCc2nc([C@H]3CCCCN3)no2)cc1. The summed E-state index contributed by atoms with van der Waals surface area (Å²) in [6, 6.07) is 6.41. The molecular weight excluding hydrogens is 273 g/mol. The van der Waals surface area contributed by atoms with Crippen LogP contribution in [0.4, 0.5) is 4.39 Å². The van der Waals surface area contributed by atoms with Crippen molar-refractivity contribution in [3.05, 3.63) is 47.4 Å². The second kappa shape index (κ2) is 6.78. The lowest BCUT2D eigenvalue weighted by molar-refractivity contribution is 0.0850. The maximum absolute atomic E-state index is 12.8. The zero-order chi connectivity index (χ0) is 14.5. The van der Waals surface area contributed by atoms with E-state index in [1.54, 1.807) is 12.1 Å². The van der Waals surface area contributed by atoms with Crippen LogP contribution in [0.2, 0.25) is 0 Å². The molecule has 1 atom stereocenters. The van der Waals surface area contributed by atoms with E-state index in [0.29, 0.717) is 18.3 Å². The fourth-order valence-corrected chi connectivity index (χ4v) is 2.38. The van der Waals surface area contributed by atoms with E-state index >= 15 is 0 Å². The lowest BCUT2D eigenvalue weighted by atomic mass is 10.0. The molecule has 1 aromatic heterocycles. The molecule has 1 N–H and O–H groups in total. The number of halogens is 1. The summed E-state index contributed by atoms with van der Waals surface area (Å²) in [4.78, 5) is 4.35. The number of aromatic nitrogens is 2. The Balaban J connectivity index is 1.49. The van der Waals surface area contributed by atoms with Gasteiger partial charge in [-0.1, -0.05) is 23.7 Å². The number of nitrogens with zero attached hydrogens (tertiary/aromatic N) is 2. The van der Waals surface area contributed by atoms with Crippen LogP contribution in [0.3, 0.4) is 0 Å². The maximum Gasteiger partial charge on any atom is 0.252 e. The molecule has 2 heterocycles. The van der Waals surface area contributed by atoms with Gasteiger partial charge in [0.15, 0.2) is 5.82 Å². The van der Waals surface area contributed by atoms with Gasteiger partial charge in [0, 0.05) is 0 Å². The Morgan fingerprint density at radius 2 is 2.10 bits per heavy atom. The number of ether oxygens (including phenoxy) is 1. The molecule has 1 aromatic carbocycles. The average molecular weight is 291 g/mol. The summed E-state index contributed by atoms with van der Waals surface area (Å²) >= 11 is 0. The minimum atomic E-state index is -0.250. The van der Waals surface area contributed by atoms with Gasteiger partial charge < -0.3 is 14.6 Å². The van der Waals surface area contributed by atoms with Crippen molar-refractivity contribution in [1.29, 1.82) is 0 Å². The second-order valence-corrected chi connectivity index (χ2v) is 5.17.